The number of hydrogen-bond acceptors (Lipinski definition) is 5. The molecular formula is C8H10F4O5. The summed E-state index contributed by atoms with van der Waals surface area (Å²) in [5.41, 5.74) is 0. The molecule has 0 aromatic carbocycles. The van der Waals surface area contributed by atoms with Gasteiger partial charge in [0.1, 0.15) is 13.0 Å². The standard InChI is InChI=1S/C8H10F4O5/c1-14-8(12,4-7(9,10)11)16-3-5-2-15-6(13)17-5/h5H,2-4H2,1H3. The van der Waals surface area contributed by atoms with Gasteiger partial charge in [0.25, 0.3) is 0 Å². The number of hydrogen-bond donors (Lipinski definition) is 0. The number of methoxy groups -OCH3 is 1. The third-order valence-electron chi connectivity index (χ3n) is 1.85. The summed E-state index contributed by atoms with van der Waals surface area (Å²) in [6.45, 7) is -0.795. The van der Waals surface area contributed by atoms with E-state index in [1.165, 1.54) is 0 Å². The van der Waals surface area contributed by atoms with Gasteiger partial charge in [-0.3, -0.25) is 0 Å². The van der Waals surface area contributed by atoms with Gasteiger partial charge in [0, 0.05) is 7.11 Å². The second kappa shape index (κ2) is 5.05. The van der Waals surface area contributed by atoms with Crippen LogP contribution in [0.4, 0.5) is 22.4 Å². The normalized spacial score (nSPS) is 24.1. The molecule has 2 unspecified atom stereocenters. The first kappa shape index (κ1) is 14.0. The molecule has 5 nitrogen and oxygen atoms in total. The minimum Gasteiger partial charge on any atom is -0.430 e. The van der Waals surface area contributed by atoms with Crippen molar-refractivity contribution in [3.63, 3.8) is 0 Å². The molecular weight excluding hydrogens is 252 g/mol. The van der Waals surface area contributed by atoms with E-state index in [2.05, 4.69) is 18.9 Å². The predicted molar refractivity (Wildman–Crippen MR) is 43.7 cm³/mol. The highest BCUT2D eigenvalue weighted by atomic mass is 19.4. The number of ether oxygens (including phenoxy) is 4. The molecule has 0 aromatic heterocycles. The average Bonchev–Trinajstić information content (AvgIpc) is 2.59. The molecule has 0 bridgehead atoms. The molecule has 0 N–H and O–H groups in total. The smallest absolute Gasteiger partial charge is 0.430 e. The first-order valence-electron chi connectivity index (χ1n) is 4.52. The molecule has 9 heteroatoms. The molecule has 0 radical (unpaired) electrons. The summed E-state index contributed by atoms with van der Waals surface area (Å²) >= 11 is 0. The monoisotopic (exact) mass is 262 g/mol. The van der Waals surface area contributed by atoms with Crippen molar-refractivity contribution in [1.82, 2.24) is 0 Å². The zero-order valence-corrected chi connectivity index (χ0v) is 8.75. The first-order valence-corrected chi connectivity index (χ1v) is 4.52. The largest absolute Gasteiger partial charge is 0.508 e. The van der Waals surface area contributed by atoms with Gasteiger partial charge in [-0.1, -0.05) is 0 Å². The van der Waals surface area contributed by atoms with E-state index >= 15 is 0 Å². The Morgan fingerprint density at radius 3 is 2.47 bits per heavy atom. The highest BCUT2D eigenvalue weighted by molar-refractivity contribution is 5.61. The Kier molecular flexibility index (Phi) is 4.15. The predicted octanol–water partition coefficient (Wildman–Crippen LogP) is 1.76. The van der Waals surface area contributed by atoms with Crippen LogP contribution < -0.4 is 0 Å². The molecule has 0 spiro atoms. The number of cyclic esters (lactones) is 2. The second-order valence-corrected chi connectivity index (χ2v) is 3.27. The fraction of sp³-hybridized carbons (Fsp3) is 0.875. The van der Waals surface area contributed by atoms with Crippen LogP contribution in [-0.2, 0) is 18.9 Å². The molecule has 2 atom stereocenters. The van der Waals surface area contributed by atoms with Gasteiger partial charge in [-0.25, -0.2) is 4.79 Å². The number of halogens is 4. The molecule has 1 fully saturated rings. The Morgan fingerprint density at radius 2 is 2.06 bits per heavy atom. The molecule has 0 amide bonds. The topological polar surface area (TPSA) is 54.0 Å². The molecule has 17 heavy (non-hydrogen) atoms. The van der Waals surface area contributed by atoms with Crippen LogP contribution in [0.25, 0.3) is 0 Å². The summed E-state index contributed by atoms with van der Waals surface area (Å²) in [5, 5.41) is 0. The van der Waals surface area contributed by atoms with Gasteiger partial charge >= 0.3 is 18.4 Å². The minimum atomic E-state index is -4.78. The van der Waals surface area contributed by atoms with Crippen LogP contribution in [0.5, 0.6) is 0 Å². The van der Waals surface area contributed by atoms with Gasteiger partial charge in [0.15, 0.2) is 6.10 Å². The molecule has 1 aliphatic heterocycles. The first-order chi connectivity index (χ1) is 7.74. The summed E-state index contributed by atoms with van der Waals surface area (Å²) in [7, 11) is 0.739. The van der Waals surface area contributed by atoms with Crippen molar-refractivity contribution in [1.29, 1.82) is 0 Å². The van der Waals surface area contributed by atoms with E-state index in [1.807, 2.05) is 0 Å². The van der Waals surface area contributed by atoms with Crippen molar-refractivity contribution in [2.75, 3.05) is 20.3 Å². The Bertz CT molecular complexity index is 282. The molecule has 0 aliphatic carbocycles. The third kappa shape index (κ3) is 4.73. The fourth-order valence-corrected chi connectivity index (χ4v) is 1.09. The lowest BCUT2D eigenvalue weighted by molar-refractivity contribution is -0.346. The van der Waals surface area contributed by atoms with E-state index in [0.717, 1.165) is 7.11 Å². The molecule has 0 saturated carbocycles. The van der Waals surface area contributed by atoms with Crippen LogP contribution in [0, 0.1) is 0 Å². The lowest BCUT2D eigenvalue weighted by atomic mass is 10.3. The van der Waals surface area contributed by atoms with E-state index < -0.39 is 37.5 Å². The number of carbonyl (C=O) groups is 1. The average molecular weight is 262 g/mol. The van der Waals surface area contributed by atoms with Gasteiger partial charge in [-0.15, -0.1) is 0 Å². The van der Waals surface area contributed by atoms with Crippen molar-refractivity contribution < 1.29 is 41.3 Å². The maximum atomic E-state index is 13.4. The summed E-state index contributed by atoms with van der Waals surface area (Å²) < 4.78 is 66.5. The van der Waals surface area contributed by atoms with Crippen molar-refractivity contribution in [3.8, 4) is 0 Å². The van der Waals surface area contributed by atoms with E-state index in [-0.39, 0.29) is 6.61 Å². The highest BCUT2D eigenvalue weighted by Gasteiger charge is 2.45. The Labute approximate surface area is 93.6 Å². The van der Waals surface area contributed by atoms with Gasteiger partial charge in [0.05, 0.1) is 6.61 Å². The SMILES string of the molecule is COC(F)(CC(F)(F)F)OCC1COC(=O)O1. The molecule has 100 valence electrons. The summed E-state index contributed by atoms with van der Waals surface area (Å²) in [5.74, 6) is 0. The van der Waals surface area contributed by atoms with Crippen LogP contribution in [0.3, 0.4) is 0 Å². The van der Waals surface area contributed by atoms with E-state index in [9.17, 15) is 22.4 Å². The lowest BCUT2D eigenvalue weighted by Crippen LogP contribution is -2.38. The van der Waals surface area contributed by atoms with Crippen molar-refractivity contribution >= 4 is 6.16 Å². The Balaban J connectivity index is 2.43. The van der Waals surface area contributed by atoms with Gasteiger partial charge < -0.3 is 18.9 Å². The zero-order chi connectivity index (χ0) is 13.1. The molecule has 1 rings (SSSR count). The Hall–Kier alpha value is -1.09. The number of rotatable bonds is 5. The van der Waals surface area contributed by atoms with E-state index in [0.29, 0.717) is 0 Å². The van der Waals surface area contributed by atoms with E-state index in [4.69, 9.17) is 0 Å². The number of alkyl halides is 4. The Morgan fingerprint density at radius 1 is 1.41 bits per heavy atom. The van der Waals surface area contributed by atoms with Crippen molar-refractivity contribution in [2.45, 2.75) is 24.7 Å². The summed E-state index contributed by atoms with van der Waals surface area (Å²) in [4.78, 5) is 10.5. The van der Waals surface area contributed by atoms with Crippen LogP contribution in [0.15, 0.2) is 0 Å². The van der Waals surface area contributed by atoms with E-state index in [1.54, 1.807) is 0 Å². The number of carbonyl (C=O) groups excluding carboxylic acids is 1. The summed E-state index contributed by atoms with van der Waals surface area (Å²) in [6.07, 6.45) is -8.62. The van der Waals surface area contributed by atoms with Gasteiger partial charge in [-0.05, 0) is 0 Å². The van der Waals surface area contributed by atoms with Crippen LogP contribution in [0.1, 0.15) is 6.42 Å². The van der Waals surface area contributed by atoms with Crippen LogP contribution in [0.2, 0.25) is 0 Å². The zero-order valence-electron chi connectivity index (χ0n) is 8.75. The third-order valence-corrected chi connectivity index (χ3v) is 1.85. The van der Waals surface area contributed by atoms with Crippen LogP contribution in [-0.4, -0.2) is 44.8 Å². The molecule has 1 heterocycles. The minimum absolute atomic E-state index is 0.204. The summed E-state index contributed by atoms with van der Waals surface area (Å²) in [6, 6.07) is -3.30. The molecule has 0 aromatic rings. The lowest BCUT2D eigenvalue weighted by Gasteiger charge is -2.25. The maximum Gasteiger partial charge on any atom is 0.508 e. The highest BCUT2D eigenvalue weighted by Crippen LogP contribution is 2.32. The second-order valence-electron chi connectivity index (χ2n) is 3.27. The van der Waals surface area contributed by atoms with Gasteiger partial charge in [0.2, 0.25) is 0 Å². The molecule has 1 aliphatic rings. The molecule has 1 saturated heterocycles. The van der Waals surface area contributed by atoms with Crippen molar-refractivity contribution in [3.05, 3.63) is 0 Å². The quantitative estimate of drug-likeness (QED) is 0.429. The van der Waals surface area contributed by atoms with Crippen molar-refractivity contribution in [2.24, 2.45) is 0 Å². The van der Waals surface area contributed by atoms with Gasteiger partial charge in [-0.2, -0.15) is 17.6 Å². The maximum absolute atomic E-state index is 13.4. The van der Waals surface area contributed by atoms with Crippen LogP contribution >= 0.6 is 0 Å². The fourth-order valence-electron chi connectivity index (χ4n) is 1.09.